The molecule has 0 radical (unpaired) electrons. The van der Waals surface area contributed by atoms with Crippen LogP contribution < -0.4 is 0 Å². The van der Waals surface area contributed by atoms with E-state index < -0.39 is 0 Å². The van der Waals surface area contributed by atoms with E-state index in [0.29, 0.717) is 12.2 Å². The molecule has 1 aliphatic carbocycles. The van der Waals surface area contributed by atoms with Crippen LogP contribution >= 0.6 is 0 Å². The highest BCUT2D eigenvalue weighted by molar-refractivity contribution is 4.99. The second kappa shape index (κ2) is 5.69. The lowest BCUT2D eigenvalue weighted by atomic mass is 9.89. The topological polar surface area (TPSA) is 12.5 Å². The summed E-state index contributed by atoms with van der Waals surface area (Å²) in [6.45, 7) is 2.27. The third-order valence-corrected chi connectivity index (χ3v) is 3.68. The van der Waals surface area contributed by atoms with Crippen molar-refractivity contribution in [2.24, 2.45) is 5.92 Å². The summed E-state index contributed by atoms with van der Waals surface area (Å²) in [5.41, 5.74) is 0. The van der Waals surface area contributed by atoms with Crippen molar-refractivity contribution in [3.8, 4) is 0 Å². The molecule has 1 heteroatoms. The summed E-state index contributed by atoms with van der Waals surface area (Å²) < 4.78 is 5.53. The number of hydrogen-bond acceptors (Lipinski definition) is 1. The third-order valence-electron chi connectivity index (χ3n) is 3.68. The van der Waals surface area contributed by atoms with Crippen molar-refractivity contribution in [3.05, 3.63) is 12.2 Å². The molecule has 86 valence electrons. The molecule has 2 aliphatic rings. The maximum Gasteiger partial charge on any atom is 0.0847 e. The highest BCUT2D eigenvalue weighted by atomic mass is 16.6. The number of rotatable bonds is 6. The minimum Gasteiger partial charge on any atom is -0.370 e. The molecule has 2 fully saturated rings. The molecule has 0 amide bonds. The molecule has 3 unspecified atom stereocenters. The zero-order valence-corrected chi connectivity index (χ0v) is 9.95. The maximum atomic E-state index is 5.53. The highest BCUT2D eigenvalue weighted by Gasteiger charge is 2.42. The SMILES string of the molecule is CCCCCCC=CC1CCC2OC2C1. The number of unbranched alkanes of at least 4 members (excludes halogenated alkanes) is 4. The average molecular weight is 208 g/mol. The van der Waals surface area contributed by atoms with Gasteiger partial charge in [0.25, 0.3) is 0 Å². The Morgan fingerprint density at radius 3 is 2.87 bits per heavy atom. The smallest absolute Gasteiger partial charge is 0.0847 e. The normalized spacial score (nSPS) is 34.3. The molecule has 0 spiro atoms. The van der Waals surface area contributed by atoms with Crippen molar-refractivity contribution in [1.82, 2.24) is 0 Å². The van der Waals surface area contributed by atoms with E-state index in [4.69, 9.17) is 4.74 Å². The number of allylic oxidation sites excluding steroid dienone is 2. The minimum atomic E-state index is 0.633. The van der Waals surface area contributed by atoms with E-state index in [2.05, 4.69) is 19.1 Å². The molecule has 1 aliphatic heterocycles. The Balaban J connectivity index is 1.53. The first kappa shape index (κ1) is 11.2. The second-order valence-electron chi connectivity index (χ2n) is 5.06. The lowest BCUT2D eigenvalue weighted by Gasteiger charge is -2.14. The molecular weight excluding hydrogens is 184 g/mol. The van der Waals surface area contributed by atoms with Crippen LogP contribution in [0.1, 0.15) is 58.3 Å². The number of hydrogen-bond donors (Lipinski definition) is 0. The molecule has 0 aromatic carbocycles. The third kappa shape index (κ3) is 3.64. The summed E-state index contributed by atoms with van der Waals surface area (Å²) in [7, 11) is 0. The van der Waals surface area contributed by atoms with Crippen LogP contribution in [-0.2, 0) is 4.74 Å². The number of epoxide rings is 1. The first-order valence-electron chi connectivity index (χ1n) is 6.72. The Labute approximate surface area is 93.9 Å². The number of fused-ring (bicyclic) bond motifs is 1. The van der Waals surface area contributed by atoms with E-state index in [1.165, 1.54) is 51.4 Å². The van der Waals surface area contributed by atoms with Crippen molar-refractivity contribution in [2.75, 3.05) is 0 Å². The Kier molecular flexibility index (Phi) is 4.25. The minimum absolute atomic E-state index is 0.633. The van der Waals surface area contributed by atoms with Crippen molar-refractivity contribution in [3.63, 3.8) is 0 Å². The molecule has 0 aromatic heterocycles. The molecule has 0 aromatic rings. The molecule has 1 nitrogen and oxygen atoms in total. The summed E-state index contributed by atoms with van der Waals surface area (Å²) in [5, 5.41) is 0. The van der Waals surface area contributed by atoms with Crippen molar-refractivity contribution < 1.29 is 4.74 Å². The van der Waals surface area contributed by atoms with Crippen molar-refractivity contribution in [1.29, 1.82) is 0 Å². The van der Waals surface area contributed by atoms with Gasteiger partial charge in [0.2, 0.25) is 0 Å². The quantitative estimate of drug-likeness (QED) is 0.364. The van der Waals surface area contributed by atoms with Gasteiger partial charge in [0.05, 0.1) is 12.2 Å². The average Bonchev–Trinajstić information content (AvgIpc) is 3.01. The van der Waals surface area contributed by atoms with Crippen LogP contribution in [0, 0.1) is 5.92 Å². The maximum absolute atomic E-state index is 5.53. The molecule has 3 atom stereocenters. The van der Waals surface area contributed by atoms with Crippen LogP contribution in [-0.4, -0.2) is 12.2 Å². The summed E-state index contributed by atoms with van der Waals surface area (Å²) in [6, 6.07) is 0. The van der Waals surface area contributed by atoms with Crippen molar-refractivity contribution >= 4 is 0 Å². The lowest BCUT2D eigenvalue weighted by Crippen LogP contribution is -2.10. The van der Waals surface area contributed by atoms with Gasteiger partial charge in [-0.1, -0.05) is 38.3 Å². The van der Waals surface area contributed by atoms with Crippen LogP contribution in [0.25, 0.3) is 0 Å². The molecule has 1 saturated heterocycles. The largest absolute Gasteiger partial charge is 0.370 e. The summed E-state index contributed by atoms with van der Waals surface area (Å²) in [5.74, 6) is 0.819. The van der Waals surface area contributed by atoms with Gasteiger partial charge in [-0.25, -0.2) is 0 Å². The fourth-order valence-corrected chi connectivity index (χ4v) is 2.59. The predicted octanol–water partition coefficient (Wildman–Crippen LogP) is 4.08. The summed E-state index contributed by atoms with van der Waals surface area (Å²) in [4.78, 5) is 0. The van der Waals surface area contributed by atoms with Crippen molar-refractivity contribution in [2.45, 2.75) is 70.5 Å². The summed E-state index contributed by atoms with van der Waals surface area (Å²) >= 11 is 0. The Bertz CT molecular complexity index is 209. The fourth-order valence-electron chi connectivity index (χ4n) is 2.59. The second-order valence-corrected chi connectivity index (χ2v) is 5.06. The van der Waals surface area contributed by atoms with Gasteiger partial charge in [0.15, 0.2) is 0 Å². The fraction of sp³-hybridized carbons (Fsp3) is 0.857. The predicted molar refractivity (Wildman–Crippen MR) is 63.9 cm³/mol. The lowest BCUT2D eigenvalue weighted by molar-refractivity contribution is 0.370. The van der Waals surface area contributed by atoms with Gasteiger partial charge >= 0.3 is 0 Å². The molecule has 15 heavy (non-hydrogen) atoms. The van der Waals surface area contributed by atoms with E-state index in [0.717, 1.165) is 5.92 Å². The molecule has 0 bridgehead atoms. The monoisotopic (exact) mass is 208 g/mol. The zero-order valence-electron chi connectivity index (χ0n) is 9.95. The zero-order chi connectivity index (χ0) is 10.5. The first-order valence-corrected chi connectivity index (χ1v) is 6.72. The van der Waals surface area contributed by atoms with Crippen LogP contribution in [0.4, 0.5) is 0 Å². The molecular formula is C14H24O. The molecule has 2 rings (SSSR count). The Morgan fingerprint density at radius 2 is 2.07 bits per heavy atom. The highest BCUT2D eigenvalue weighted by Crippen LogP contribution is 2.39. The van der Waals surface area contributed by atoms with Gasteiger partial charge in [0.1, 0.15) is 0 Å². The standard InChI is InChI=1S/C14H24O/c1-2-3-4-5-6-7-8-12-9-10-13-14(11-12)15-13/h7-8,12-14H,2-6,9-11H2,1H3. The van der Waals surface area contributed by atoms with E-state index >= 15 is 0 Å². The van der Waals surface area contributed by atoms with Gasteiger partial charge in [-0.2, -0.15) is 0 Å². The Morgan fingerprint density at radius 1 is 1.13 bits per heavy atom. The van der Waals surface area contributed by atoms with Gasteiger partial charge < -0.3 is 4.74 Å². The van der Waals surface area contributed by atoms with Crippen LogP contribution in [0.5, 0.6) is 0 Å². The Hall–Kier alpha value is -0.300. The van der Waals surface area contributed by atoms with E-state index in [1.54, 1.807) is 0 Å². The van der Waals surface area contributed by atoms with E-state index in [-0.39, 0.29) is 0 Å². The molecule has 0 N–H and O–H groups in total. The molecule has 1 saturated carbocycles. The summed E-state index contributed by atoms with van der Waals surface area (Å²) in [6.07, 6.45) is 16.9. The van der Waals surface area contributed by atoms with Gasteiger partial charge in [-0.15, -0.1) is 0 Å². The molecule has 1 heterocycles. The van der Waals surface area contributed by atoms with Crippen LogP contribution in [0.15, 0.2) is 12.2 Å². The van der Waals surface area contributed by atoms with Gasteiger partial charge in [0, 0.05) is 0 Å². The van der Waals surface area contributed by atoms with Crippen LogP contribution in [0.2, 0.25) is 0 Å². The van der Waals surface area contributed by atoms with Crippen LogP contribution in [0.3, 0.4) is 0 Å². The van der Waals surface area contributed by atoms with Gasteiger partial charge in [-0.05, 0) is 38.0 Å². The van der Waals surface area contributed by atoms with Gasteiger partial charge in [-0.3, -0.25) is 0 Å². The first-order chi connectivity index (χ1) is 7.40. The van der Waals surface area contributed by atoms with E-state index in [9.17, 15) is 0 Å². The number of ether oxygens (including phenoxy) is 1. The van der Waals surface area contributed by atoms with E-state index in [1.807, 2.05) is 0 Å².